The van der Waals surface area contributed by atoms with Gasteiger partial charge in [0.15, 0.2) is 5.84 Å². The number of rotatable bonds is 4. The molecule has 0 unspecified atom stereocenters. The van der Waals surface area contributed by atoms with E-state index in [-0.39, 0.29) is 17.5 Å². The lowest BCUT2D eigenvalue weighted by molar-refractivity contribution is 0.0696. The maximum atomic E-state index is 10.9. The second kappa shape index (κ2) is 5.20. The van der Waals surface area contributed by atoms with Gasteiger partial charge >= 0.3 is 5.97 Å². The second-order valence-electron chi connectivity index (χ2n) is 3.70. The summed E-state index contributed by atoms with van der Waals surface area (Å²) in [6.45, 7) is 3.63. The molecule has 0 spiro atoms. The van der Waals surface area contributed by atoms with Crippen LogP contribution in [0.15, 0.2) is 23.4 Å². The Morgan fingerprint density at radius 2 is 1.94 bits per heavy atom. The number of carboxylic acid groups (broad SMARTS) is 1. The summed E-state index contributed by atoms with van der Waals surface area (Å²) in [6, 6.07) is 4.21. The summed E-state index contributed by atoms with van der Waals surface area (Å²) in [5.41, 5.74) is 5.73. The molecule has 6 nitrogen and oxygen atoms in total. The van der Waals surface area contributed by atoms with Crippen LogP contribution in [0.4, 0.5) is 0 Å². The van der Waals surface area contributed by atoms with Crippen molar-refractivity contribution in [3.8, 4) is 5.75 Å². The van der Waals surface area contributed by atoms with Crippen LogP contribution in [0.2, 0.25) is 0 Å². The van der Waals surface area contributed by atoms with Crippen LogP contribution < -0.4 is 10.5 Å². The third-order valence-corrected chi connectivity index (χ3v) is 1.93. The lowest BCUT2D eigenvalue weighted by Crippen LogP contribution is -2.15. The van der Waals surface area contributed by atoms with Crippen LogP contribution in [-0.4, -0.2) is 28.2 Å². The van der Waals surface area contributed by atoms with Crippen molar-refractivity contribution in [1.29, 1.82) is 0 Å². The van der Waals surface area contributed by atoms with Crippen LogP contribution in [-0.2, 0) is 0 Å². The van der Waals surface area contributed by atoms with E-state index in [9.17, 15) is 4.79 Å². The highest BCUT2D eigenvalue weighted by Gasteiger charge is 2.11. The van der Waals surface area contributed by atoms with Gasteiger partial charge in [0.25, 0.3) is 0 Å². The summed E-state index contributed by atoms with van der Waals surface area (Å²) in [4.78, 5) is 10.9. The van der Waals surface area contributed by atoms with Crippen LogP contribution in [0.5, 0.6) is 5.75 Å². The number of aromatic carboxylic acids is 1. The number of carbonyl (C=O) groups is 1. The number of carboxylic acids is 1. The smallest absolute Gasteiger partial charge is 0.335 e. The topological polar surface area (TPSA) is 105 Å². The van der Waals surface area contributed by atoms with Gasteiger partial charge in [-0.3, -0.25) is 0 Å². The van der Waals surface area contributed by atoms with E-state index in [0.717, 1.165) is 0 Å². The van der Waals surface area contributed by atoms with E-state index in [2.05, 4.69) is 5.16 Å². The Balaban J connectivity index is 3.23. The number of hydrogen-bond acceptors (Lipinski definition) is 4. The van der Waals surface area contributed by atoms with Gasteiger partial charge in [0.2, 0.25) is 0 Å². The normalized spacial score (nSPS) is 11.6. The molecule has 17 heavy (non-hydrogen) atoms. The summed E-state index contributed by atoms with van der Waals surface area (Å²) in [5, 5.41) is 20.3. The molecule has 6 heteroatoms. The lowest BCUT2D eigenvalue weighted by Gasteiger charge is -2.11. The van der Waals surface area contributed by atoms with Gasteiger partial charge in [-0.05, 0) is 32.0 Å². The van der Waals surface area contributed by atoms with Crippen LogP contribution in [0.3, 0.4) is 0 Å². The number of nitrogens with zero attached hydrogens (tertiary/aromatic N) is 1. The number of benzene rings is 1. The Labute approximate surface area is 98.3 Å². The van der Waals surface area contributed by atoms with Gasteiger partial charge in [-0.1, -0.05) is 5.16 Å². The molecule has 0 aliphatic rings. The Kier molecular flexibility index (Phi) is 3.92. The minimum Gasteiger partial charge on any atom is -0.491 e. The fourth-order valence-corrected chi connectivity index (χ4v) is 1.27. The molecule has 0 radical (unpaired) electrons. The zero-order valence-electron chi connectivity index (χ0n) is 9.54. The quantitative estimate of drug-likeness (QED) is 0.317. The van der Waals surface area contributed by atoms with Gasteiger partial charge in [0, 0.05) is 5.56 Å². The molecule has 0 fully saturated rings. The molecule has 0 aliphatic carbocycles. The molecule has 0 heterocycles. The summed E-state index contributed by atoms with van der Waals surface area (Å²) in [7, 11) is 0. The average Bonchev–Trinajstić information content (AvgIpc) is 2.26. The van der Waals surface area contributed by atoms with E-state index in [0.29, 0.717) is 11.3 Å². The monoisotopic (exact) mass is 238 g/mol. The molecule has 0 amide bonds. The van der Waals surface area contributed by atoms with E-state index in [1.807, 2.05) is 13.8 Å². The van der Waals surface area contributed by atoms with E-state index in [1.54, 1.807) is 0 Å². The molecule has 92 valence electrons. The molecular weight excluding hydrogens is 224 g/mol. The van der Waals surface area contributed by atoms with Gasteiger partial charge in [-0.15, -0.1) is 0 Å². The molecule has 0 bridgehead atoms. The molecule has 0 saturated carbocycles. The van der Waals surface area contributed by atoms with E-state index < -0.39 is 5.97 Å². The van der Waals surface area contributed by atoms with Gasteiger partial charge in [-0.2, -0.15) is 0 Å². The van der Waals surface area contributed by atoms with Crippen molar-refractivity contribution in [2.75, 3.05) is 0 Å². The highest BCUT2D eigenvalue weighted by molar-refractivity contribution is 6.00. The summed E-state index contributed by atoms with van der Waals surface area (Å²) in [5.74, 6) is -0.908. The molecule has 0 atom stereocenters. The number of hydrogen-bond donors (Lipinski definition) is 3. The fraction of sp³-hybridized carbons (Fsp3) is 0.273. The van der Waals surface area contributed by atoms with Gasteiger partial charge in [0.1, 0.15) is 5.75 Å². The van der Waals surface area contributed by atoms with Crippen molar-refractivity contribution in [1.82, 2.24) is 0 Å². The predicted octanol–water partition coefficient (Wildman–Crippen LogP) is 1.27. The van der Waals surface area contributed by atoms with Crippen molar-refractivity contribution < 1.29 is 19.8 Å². The number of amidine groups is 1. The molecule has 0 aliphatic heterocycles. The van der Waals surface area contributed by atoms with Crippen LogP contribution in [0.1, 0.15) is 29.8 Å². The average molecular weight is 238 g/mol. The van der Waals surface area contributed by atoms with Crippen molar-refractivity contribution in [3.63, 3.8) is 0 Å². The van der Waals surface area contributed by atoms with E-state index in [4.69, 9.17) is 20.8 Å². The first-order chi connectivity index (χ1) is 7.93. The van der Waals surface area contributed by atoms with Crippen LogP contribution >= 0.6 is 0 Å². The SMILES string of the molecule is CC(C)Oc1cc(C(=O)O)cc(/C(N)=N/O)c1. The summed E-state index contributed by atoms with van der Waals surface area (Å²) in [6.07, 6.45) is -0.0980. The maximum Gasteiger partial charge on any atom is 0.335 e. The first-order valence-corrected chi connectivity index (χ1v) is 4.97. The summed E-state index contributed by atoms with van der Waals surface area (Å²) >= 11 is 0. The van der Waals surface area contributed by atoms with E-state index in [1.165, 1.54) is 18.2 Å². The molecule has 0 aromatic heterocycles. The van der Waals surface area contributed by atoms with Crippen LogP contribution in [0, 0.1) is 0 Å². The minimum atomic E-state index is -1.11. The first-order valence-electron chi connectivity index (χ1n) is 4.97. The minimum absolute atomic E-state index is 0.0183. The fourth-order valence-electron chi connectivity index (χ4n) is 1.27. The number of nitrogens with two attached hydrogens (primary N) is 1. The van der Waals surface area contributed by atoms with Crippen molar-refractivity contribution in [2.24, 2.45) is 10.9 Å². The zero-order chi connectivity index (χ0) is 13.0. The lowest BCUT2D eigenvalue weighted by atomic mass is 10.1. The molecule has 1 aromatic rings. The van der Waals surface area contributed by atoms with Crippen LogP contribution in [0.25, 0.3) is 0 Å². The third kappa shape index (κ3) is 3.37. The molecule has 0 saturated heterocycles. The Bertz CT molecular complexity index is 455. The van der Waals surface area contributed by atoms with Gasteiger partial charge in [-0.25, -0.2) is 4.79 Å². The predicted molar refractivity (Wildman–Crippen MR) is 61.7 cm³/mol. The zero-order valence-corrected chi connectivity index (χ0v) is 9.54. The number of oxime groups is 1. The van der Waals surface area contributed by atoms with Gasteiger partial charge < -0.3 is 20.8 Å². The Morgan fingerprint density at radius 1 is 1.35 bits per heavy atom. The molecule has 4 N–H and O–H groups in total. The number of ether oxygens (including phenoxy) is 1. The molecule has 1 aromatic carbocycles. The largest absolute Gasteiger partial charge is 0.491 e. The standard InChI is InChI=1S/C11H14N2O4/c1-6(2)17-9-4-7(10(12)13-16)3-8(5-9)11(14)15/h3-6,16H,1-2H3,(H2,12,13)(H,14,15). The summed E-state index contributed by atoms with van der Waals surface area (Å²) < 4.78 is 5.38. The Hall–Kier alpha value is -2.24. The molecular formula is C11H14N2O4. The molecule has 1 rings (SSSR count). The highest BCUT2D eigenvalue weighted by atomic mass is 16.5. The maximum absolute atomic E-state index is 10.9. The first kappa shape index (κ1) is 12.8. The highest BCUT2D eigenvalue weighted by Crippen LogP contribution is 2.18. The van der Waals surface area contributed by atoms with Crippen molar-refractivity contribution >= 4 is 11.8 Å². The Morgan fingerprint density at radius 3 is 2.41 bits per heavy atom. The van der Waals surface area contributed by atoms with Crippen molar-refractivity contribution in [2.45, 2.75) is 20.0 Å². The second-order valence-corrected chi connectivity index (χ2v) is 3.70. The van der Waals surface area contributed by atoms with Crippen molar-refractivity contribution in [3.05, 3.63) is 29.3 Å². The third-order valence-electron chi connectivity index (χ3n) is 1.93. The van der Waals surface area contributed by atoms with E-state index >= 15 is 0 Å². The van der Waals surface area contributed by atoms with Gasteiger partial charge in [0.05, 0.1) is 11.7 Å².